The third-order valence-corrected chi connectivity index (χ3v) is 9.41. The Morgan fingerprint density at radius 2 is 1.86 bits per heavy atom. The quantitative estimate of drug-likeness (QED) is 0.342. The minimum Gasteiger partial charge on any atom is -0.347 e. The summed E-state index contributed by atoms with van der Waals surface area (Å²) < 4.78 is 52.9. The largest absolute Gasteiger partial charge is 0.372 e. The minimum absolute atomic E-state index is 0.0270. The van der Waals surface area contributed by atoms with Crippen LogP contribution in [0.1, 0.15) is 67.0 Å². The fourth-order valence-corrected chi connectivity index (χ4v) is 6.73. The second-order valence-electron chi connectivity index (χ2n) is 11.4. The summed E-state index contributed by atoms with van der Waals surface area (Å²) in [5.41, 5.74) is 4.16. The van der Waals surface area contributed by atoms with Crippen molar-refractivity contribution in [1.82, 2.24) is 20.3 Å². The maximum Gasteiger partial charge on any atom is 0.372 e. The zero-order chi connectivity index (χ0) is 31.6. The van der Waals surface area contributed by atoms with Gasteiger partial charge in [0.15, 0.2) is 0 Å². The van der Waals surface area contributed by atoms with Crippen LogP contribution in [0.5, 0.6) is 0 Å². The highest BCUT2D eigenvalue weighted by Crippen LogP contribution is 2.34. The molecule has 0 saturated carbocycles. The number of halogens is 3. The molecule has 9 nitrogen and oxygen atoms in total. The molecule has 3 amide bonds. The van der Waals surface area contributed by atoms with E-state index in [2.05, 4.69) is 10.6 Å². The number of nitrogens with zero attached hydrogens (tertiary/aromatic N) is 1. The van der Waals surface area contributed by atoms with Gasteiger partial charge in [-0.05, 0) is 79.5 Å². The first kappa shape index (κ1) is 32.8. The maximum atomic E-state index is 14.1. The summed E-state index contributed by atoms with van der Waals surface area (Å²) in [5, 5.41) is 5.56. The standard InChI is InChI=1S/C30H37ClF2N4O5S/c1-5-16(2)28(38)35-26(15-19-14-22(31)23(32)13-18(19)4)30(40)37-12-11-25(36-43(33,41)42)27(37)29(39)34-24-10-9-20-17(3)7-6-8-21(20)24/h6-8,13-14,16,24-27,36H,5,9-12,15H2,1-4H3,(H,34,39)(H,35,38)/t16-,24?,25?,26+,27+/m1/s1. The molecule has 0 radical (unpaired) electrons. The predicted molar refractivity (Wildman–Crippen MR) is 159 cm³/mol. The van der Waals surface area contributed by atoms with Crippen molar-refractivity contribution in [1.29, 1.82) is 0 Å². The molecule has 4 rings (SSSR count). The van der Waals surface area contributed by atoms with Gasteiger partial charge in [-0.1, -0.05) is 47.5 Å². The molecule has 0 aromatic heterocycles. The van der Waals surface area contributed by atoms with E-state index in [1.807, 2.05) is 36.8 Å². The number of benzene rings is 2. The fourth-order valence-electron chi connectivity index (χ4n) is 5.94. The molecule has 13 heteroatoms. The van der Waals surface area contributed by atoms with Gasteiger partial charge < -0.3 is 15.5 Å². The Labute approximate surface area is 256 Å². The van der Waals surface area contributed by atoms with Crippen LogP contribution in [0.3, 0.4) is 0 Å². The topological polar surface area (TPSA) is 125 Å². The minimum atomic E-state index is -5.21. The summed E-state index contributed by atoms with van der Waals surface area (Å²) in [6.07, 6.45) is 1.77. The first-order chi connectivity index (χ1) is 20.2. The van der Waals surface area contributed by atoms with Crippen molar-refractivity contribution in [3.05, 3.63) is 69.0 Å². The van der Waals surface area contributed by atoms with Crippen LogP contribution in [0.2, 0.25) is 5.02 Å². The molecule has 2 aromatic rings. The molecule has 1 fully saturated rings. The van der Waals surface area contributed by atoms with Gasteiger partial charge in [-0.15, -0.1) is 0 Å². The second-order valence-corrected chi connectivity index (χ2v) is 13.0. The van der Waals surface area contributed by atoms with Crippen molar-refractivity contribution >= 4 is 39.7 Å². The van der Waals surface area contributed by atoms with Gasteiger partial charge in [-0.2, -0.15) is 13.1 Å². The predicted octanol–water partition coefficient (Wildman–Crippen LogP) is 3.75. The third kappa shape index (κ3) is 7.53. The number of hydrogen-bond donors (Lipinski definition) is 3. The Kier molecular flexibility index (Phi) is 10.1. The Hall–Kier alpha value is -3.09. The van der Waals surface area contributed by atoms with Gasteiger partial charge in [0.2, 0.25) is 17.7 Å². The van der Waals surface area contributed by atoms with Crippen LogP contribution in [0.4, 0.5) is 8.28 Å². The summed E-state index contributed by atoms with van der Waals surface area (Å²) in [7, 11) is -5.21. The van der Waals surface area contributed by atoms with Gasteiger partial charge in [-0.25, -0.2) is 4.39 Å². The number of carbonyl (C=O) groups excluding carboxylic acids is 3. The van der Waals surface area contributed by atoms with Crippen molar-refractivity contribution in [2.45, 2.75) is 84.0 Å². The van der Waals surface area contributed by atoms with Crippen LogP contribution in [-0.4, -0.2) is 55.7 Å². The van der Waals surface area contributed by atoms with Gasteiger partial charge in [0.1, 0.15) is 17.9 Å². The van der Waals surface area contributed by atoms with Crippen molar-refractivity contribution in [3.63, 3.8) is 0 Å². The SMILES string of the molecule is CC[C@@H](C)C(=O)N[C@@H](Cc1cc(Cl)c(F)cc1C)C(=O)N1CCC(NS(=O)(=O)F)[C@H]1C(=O)NC1CCc2c(C)cccc21. The fraction of sp³-hybridized carbons (Fsp3) is 0.500. The van der Waals surface area contributed by atoms with Crippen molar-refractivity contribution in [2.75, 3.05) is 6.54 Å². The van der Waals surface area contributed by atoms with Gasteiger partial charge in [0.05, 0.1) is 17.1 Å². The Morgan fingerprint density at radius 3 is 2.53 bits per heavy atom. The van der Waals surface area contributed by atoms with E-state index in [4.69, 9.17) is 11.6 Å². The molecule has 0 spiro atoms. The third-order valence-electron chi connectivity index (χ3n) is 8.54. The molecule has 2 unspecified atom stereocenters. The number of rotatable bonds is 10. The van der Waals surface area contributed by atoms with Gasteiger partial charge in [-0.3, -0.25) is 14.4 Å². The molecule has 2 aromatic carbocycles. The van der Waals surface area contributed by atoms with Crippen LogP contribution in [0, 0.1) is 25.6 Å². The van der Waals surface area contributed by atoms with E-state index in [0.717, 1.165) is 23.1 Å². The van der Waals surface area contributed by atoms with Gasteiger partial charge >= 0.3 is 10.4 Å². The summed E-state index contributed by atoms with van der Waals surface area (Å²) >= 11 is 6.02. The Bertz CT molecular complexity index is 1520. The summed E-state index contributed by atoms with van der Waals surface area (Å²) in [4.78, 5) is 42.1. The Balaban J connectivity index is 1.66. The van der Waals surface area contributed by atoms with E-state index >= 15 is 0 Å². The number of aryl methyl sites for hydroxylation is 2. The molecule has 1 saturated heterocycles. The molecule has 1 heterocycles. The number of fused-ring (bicyclic) bond motifs is 1. The normalized spacial score (nSPS) is 21.3. The van der Waals surface area contributed by atoms with E-state index in [-0.39, 0.29) is 30.5 Å². The summed E-state index contributed by atoms with van der Waals surface area (Å²) in [6, 6.07) is 4.23. The molecule has 0 bridgehead atoms. The van der Waals surface area contributed by atoms with E-state index in [9.17, 15) is 31.1 Å². The van der Waals surface area contributed by atoms with E-state index in [1.54, 1.807) is 13.8 Å². The van der Waals surface area contributed by atoms with Gasteiger partial charge in [0.25, 0.3) is 0 Å². The average molecular weight is 639 g/mol. The highest BCUT2D eigenvalue weighted by Gasteiger charge is 2.46. The summed E-state index contributed by atoms with van der Waals surface area (Å²) in [6.45, 7) is 7.09. The molecule has 2 aliphatic rings. The smallest absolute Gasteiger partial charge is 0.347 e. The lowest BCUT2D eigenvalue weighted by molar-refractivity contribution is -0.142. The molecule has 1 aliphatic carbocycles. The van der Waals surface area contributed by atoms with Crippen molar-refractivity contribution in [2.24, 2.45) is 5.92 Å². The molecule has 1 aliphatic heterocycles. The molecule has 234 valence electrons. The second kappa shape index (κ2) is 13.3. The zero-order valence-electron chi connectivity index (χ0n) is 24.5. The van der Waals surface area contributed by atoms with Crippen LogP contribution in [0.15, 0.2) is 30.3 Å². The highest BCUT2D eigenvalue weighted by molar-refractivity contribution is 7.84. The molecule has 43 heavy (non-hydrogen) atoms. The maximum absolute atomic E-state index is 14.1. The first-order valence-electron chi connectivity index (χ1n) is 14.4. The molecule has 3 N–H and O–H groups in total. The van der Waals surface area contributed by atoms with E-state index in [0.29, 0.717) is 24.0 Å². The number of amides is 3. The lowest BCUT2D eigenvalue weighted by Crippen LogP contribution is -2.58. The first-order valence-corrected chi connectivity index (χ1v) is 16.1. The van der Waals surface area contributed by atoms with Crippen molar-refractivity contribution < 1.29 is 31.1 Å². The molecular formula is C30H37ClF2N4O5S. The lowest BCUT2D eigenvalue weighted by atomic mass is 9.98. The number of carbonyl (C=O) groups is 3. The number of hydrogen-bond acceptors (Lipinski definition) is 5. The Morgan fingerprint density at radius 1 is 1.14 bits per heavy atom. The summed E-state index contributed by atoms with van der Waals surface area (Å²) in [5.74, 6) is -2.75. The van der Waals surface area contributed by atoms with Crippen LogP contribution < -0.4 is 15.4 Å². The number of nitrogens with one attached hydrogen (secondary N) is 3. The van der Waals surface area contributed by atoms with Gasteiger partial charge in [0, 0.05) is 18.9 Å². The molecule has 5 atom stereocenters. The number of likely N-dealkylation sites (tertiary alicyclic amines) is 1. The van der Waals surface area contributed by atoms with Crippen LogP contribution in [-0.2, 0) is 37.6 Å². The zero-order valence-corrected chi connectivity index (χ0v) is 26.1. The van der Waals surface area contributed by atoms with E-state index < -0.39 is 58.0 Å². The monoisotopic (exact) mass is 638 g/mol. The van der Waals surface area contributed by atoms with E-state index in [1.165, 1.54) is 17.0 Å². The van der Waals surface area contributed by atoms with Crippen LogP contribution in [0.25, 0.3) is 0 Å². The average Bonchev–Trinajstić information content (AvgIpc) is 3.54. The van der Waals surface area contributed by atoms with Crippen molar-refractivity contribution in [3.8, 4) is 0 Å². The molecular weight excluding hydrogens is 602 g/mol. The van der Waals surface area contributed by atoms with Crippen LogP contribution >= 0.6 is 11.6 Å². The highest BCUT2D eigenvalue weighted by atomic mass is 35.5. The lowest BCUT2D eigenvalue weighted by Gasteiger charge is -2.32.